The first-order chi connectivity index (χ1) is 11.2. The molecule has 0 spiro atoms. The molecule has 0 fully saturated rings. The van der Waals surface area contributed by atoms with Crippen molar-refractivity contribution in [3.63, 3.8) is 0 Å². The molecule has 0 atom stereocenters. The maximum absolute atomic E-state index is 11.3. The number of benzene rings is 2. The Morgan fingerprint density at radius 3 is 1.84 bits per heavy atom. The highest BCUT2D eigenvalue weighted by Crippen LogP contribution is 2.40. The third kappa shape index (κ3) is 6.08. The molecule has 2 N–H and O–H groups in total. The Morgan fingerprint density at radius 2 is 1.44 bits per heavy atom. The highest BCUT2D eigenvalue weighted by atomic mass is 32.2. The minimum atomic E-state index is -5.07. The van der Waals surface area contributed by atoms with Gasteiger partial charge in [0, 0.05) is 39.3 Å². The molecule has 0 aliphatic heterocycles. The van der Waals surface area contributed by atoms with Crippen molar-refractivity contribution in [1.82, 2.24) is 0 Å². The van der Waals surface area contributed by atoms with Gasteiger partial charge in [-0.1, -0.05) is 12.1 Å². The third-order valence-corrected chi connectivity index (χ3v) is 3.64. The molecule has 9 heteroatoms. The van der Waals surface area contributed by atoms with Crippen LogP contribution in [0.15, 0.2) is 35.2 Å². The molecule has 0 amide bonds. The largest absolute Gasteiger partial charge is 0.744 e. The van der Waals surface area contributed by atoms with Crippen molar-refractivity contribution in [2.24, 2.45) is 0 Å². The van der Waals surface area contributed by atoms with Crippen molar-refractivity contribution in [2.75, 3.05) is 26.7 Å². The average molecular weight is 386 g/mol. The van der Waals surface area contributed by atoms with Crippen LogP contribution in [-0.2, 0) is 10.1 Å². The van der Waals surface area contributed by atoms with E-state index >= 15 is 0 Å². The number of carbonyl (C=O) groups is 2. The smallest absolute Gasteiger partial charge is 0.336 e. The maximum atomic E-state index is 11.3. The fraction of sp³-hybridized carbons (Fsp3) is 0.250. The standard InChI is InChI=1S/C12H8O7S.C4H12P/c13-11(14)7-2-1-6-3-4-8(12(15)16)10(9(6)5-7)20(17,18)19;1-5(2,3)4/h1-5H,(H,13,14)(H,15,16)(H,17,18,19);1-4H3/q;+1/p-1. The molecule has 25 heavy (non-hydrogen) atoms. The first-order valence-corrected chi connectivity index (χ1v) is 12.0. The SMILES string of the molecule is C[P+](C)(C)C.O=C(O)c1ccc2ccc(C(=O)O)c(S(=O)(=O)[O-])c2c1. The Balaban J connectivity index is 0.000000550. The van der Waals surface area contributed by atoms with Crippen molar-refractivity contribution >= 4 is 40.1 Å². The predicted molar refractivity (Wildman–Crippen MR) is 96.4 cm³/mol. The molecule has 0 saturated carbocycles. The van der Waals surface area contributed by atoms with Crippen LogP contribution in [0.5, 0.6) is 0 Å². The summed E-state index contributed by atoms with van der Waals surface area (Å²) in [4.78, 5) is 21.0. The van der Waals surface area contributed by atoms with E-state index in [2.05, 4.69) is 26.7 Å². The summed E-state index contributed by atoms with van der Waals surface area (Å²) in [6.45, 7) is 9.19. The number of hydrogen-bond donors (Lipinski definition) is 2. The molecule has 2 aromatic carbocycles. The first-order valence-electron chi connectivity index (χ1n) is 7.00. The molecule has 0 aliphatic carbocycles. The number of carboxylic acids is 2. The Labute approximate surface area is 146 Å². The van der Waals surface area contributed by atoms with Crippen LogP contribution in [0.3, 0.4) is 0 Å². The molecule has 7 nitrogen and oxygen atoms in total. The van der Waals surface area contributed by atoms with Crippen molar-refractivity contribution in [2.45, 2.75) is 4.90 Å². The van der Waals surface area contributed by atoms with Gasteiger partial charge in [-0.05, 0) is 23.6 Å². The Kier molecular flexibility index (Phi) is 6.28. The Morgan fingerprint density at radius 1 is 0.960 bits per heavy atom. The summed E-state index contributed by atoms with van der Waals surface area (Å²) in [6.07, 6.45) is 0. The van der Waals surface area contributed by atoms with Crippen molar-refractivity contribution in [3.05, 3.63) is 41.5 Å². The predicted octanol–water partition coefficient (Wildman–Crippen LogP) is 2.66. The highest BCUT2D eigenvalue weighted by Gasteiger charge is 2.19. The highest BCUT2D eigenvalue weighted by molar-refractivity contribution is 7.86. The summed E-state index contributed by atoms with van der Waals surface area (Å²) in [6, 6.07) is 5.80. The molecular formula is C16H19O7PS. The van der Waals surface area contributed by atoms with Gasteiger partial charge in [0.1, 0.15) is 10.1 Å². The molecule has 0 aromatic heterocycles. The maximum Gasteiger partial charge on any atom is 0.336 e. The van der Waals surface area contributed by atoms with Gasteiger partial charge >= 0.3 is 11.9 Å². The summed E-state index contributed by atoms with van der Waals surface area (Å²) in [7, 11) is -5.46. The van der Waals surface area contributed by atoms with Crippen molar-refractivity contribution in [3.8, 4) is 0 Å². The lowest BCUT2D eigenvalue weighted by Crippen LogP contribution is -2.09. The van der Waals surface area contributed by atoms with E-state index in [0.717, 1.165) is 12.1 Å². The Hall–Kier alpha value is -2.02. The first kappa shape index (κ1) is 21.0. The molecule has 0 bridgehead atoms. The van der Waals surface area contributed by atoms with E-state index in [1.807, 2.05) is 0 Å². The lowest BCUT2D eigenvalue weighted by atomic mass is 10.0. The van der Waals surface area contributed by atoms with Gasteiger partial charge in [0.25, 0.3) is 0 Å². The van der Waals surface area contributed by atoms with Gasteiger partial charge < -0.3 is 14.8 Å². The van der Waals surface area contributed by atoms with E-state index < -0.39 is 32.5 Å². The number of fused-ring (bicyclic) bond motifs is 1. The second-order valence-corrected chi connectivity index (χ2v) is 13.3. The monoisotopic (exact) mass is 386 g/mol. The number of hydrogen-bond acceptors (Lipinski definition) is 5. The van der Waals surface area contributed by atoms with Gasteiger partial charge in [-0.25, -0.2) is 18.0 Å². The number of rotatable bonds is 3. The van der Waals surface area contributed by atoms with E-state index in [4.69, 9.17) is 10.2 Å². The van der Waals surface area contributed by atoms with Gasteiger partial charge in [-0.2, -0.15) is 0 Å². The molecule has 136 valence electrons. The topological polar surface area (TPSA) is 132 Å². The van der Waals surface area contributed by atoms with Crippen molar-refractivity contribution < 1.29 is 32.8 Å². The van der Waals surface area contributed by atoms with Gasteiger partial charge in [0.15, 0.2) is 0 Å². The van der Waals surface area contributed by atoms with E-state index in [1.54, 1.807) is 0 Å². The summed E-state index contributed by atoms with van der Waals surface area (Å²) in [5.74, 6) is -2.90. The van der Waals surface area contributed by atoms with Crippen LogP contribution in [0.4, 0.5) is 0 Å². The van der Waals surface area contributed by atoms with E-state index in [-0.39, 0.29) is 23.6 Å². The second-order valence-electron chi connectivity index (χ2n) is 6.63. The van der Waals surface area contributed by atoms with Crippen LogP contribution in [0.1, 0.15) is 20.7 Å². The zero-order chi connectivity index (χ0) is 19.6. The molecule has 0 radical (unpaired) electrons. The average Bonchev–Trinajstić information content (AvgIpc) is 2.42. The van der Waals surface area contributed by atoms with Gasteiger partial charge in [-0.15, -0.1) is 0 Å². The molecule has 2 rings (SSSR count). The lowest BCUT2D eigenvalue weighted by molar-refractivity contribution is 0.0685. The zero-order valence-corrected chi connectivity index (χ0v) is 15.9. The molecule has 0 saturated heterocycles. The lowest BCUT2D eigenvalue weighted by Gasteiger charge is -2.14. The molecular weight excluding hydrogens is 367 g/mol. The van der Waals surface area contributed by atoms with E-state index in [9.17, 15) is 22.6 Å². The fourth-order valence-electron chi connectivity index (χ4n) is 1.86. The molecule has 0 heterocycles. The summed E-state index contributed by atoms with van der Waals surface area (Å²) >= 11 is 0. The molecule has 0 unspecified atom stereocenters. The van der Waals surface area contributed by atoms with Crippen LogP contribution in [0.25, 0.3) is 10.8 Å². The summed E-state index contributed by atoms with van der Waals surface area (Å²) < 4.78 is 33.9. The minimum absolute atomic E-state index is 0.222. The minimum Gasteiger partial charge on any atom is -0.744 e. The normalized spacial score (nSPS) is 11.6. The molecule has 2 aromatic rings. The van der Waals surface area contributed by atoms with E-state index in [0.29, 0.717) is 0 Å². The van der Waals surface area contributed by atoms with Crippen LogP contribution in [0, 0.1) is 0 Å². The fourth-order valence-corrected chi connectivity index (χ4v) is 2.73. The van der Waals surface area contributed by atoms with Crippen LogP contribution < -0.4 is 0 Å². The van der Waals surface area contributed by atoms with Crippen LogP contribution in [0.2, 0.25) is 0 Å². The zero-order valence-electron chi connectivity index (χ0n) is 14.2. The summed E-state index contributed by atoms with van der Waals surface area (Å²) in [5, 5.41) is 17.9. The van der Waals surface area contributed by atoms with Crippen LogP contribution in [-0.4, -0.2) is 61.8 Å². The Bertz CT molecular complexity index is 916. The van der Waals surface area contributed by atoms with Gasteiger partial charge in [0.05, 0.1) is 16.0 Å². The quantitative estimate of drug-likeness (QED) is 0.612. The molecule has 0 aliphatic rings. The van der Waals surface area contributed by atoms with Gasteiger partial charge in [-0.3, -0.25) is 0 Å². The second kappa shape index (κ2) is 7.47. The van der Waals surface area contributed by atoms with Crippen molar-refractivity contribution in [1.29, 1.82) is 0 Å². The third-order valence-electron chi connectivity index (χ3n) is 2.70. The summed E-state index contributed by atoms with van der Waals surface area (Å²) in [5.41, 5.74) is -0.931. The number of aromatic carboxylic acids is 2. The van der Waals surface area contributed by atoms with E-state index in [1.165, 1.54) is 18.2 Å². The van der Waals surface area contributed by atoms with Gasteiger partial charge in [0.2, 0.25) is 0 Å². The van der Waals surface area contributed by atoms with Crippen LogP contribution >= 0.6 is 7.26 Å². The number of carboxylic acid groups (broad SMARTS) is 2.